The third-order valence-electron chi connectivity index (χ3n) is 5.27. The number of nitrogens with zero attached hydrogens (tertiary/aromatic N) is 3. The molecule has 0 bridgehead atoms. The molecule has 1 aromatic heterocycles. The lowest BCUT2D eigenvalue weighted by Crippen LogP contribution is -2.41. The van der Waals surface area contributed by atoms with Crippen LogP contribution < -0.4 is 0 Å². The van der Waals surface area contributed by atoms with Crippen LogP contribution >= 0.6 is 0 Å². The fourth-order valence-corrected chi connectivity index (χ4v) is 3.83. The number of halogens is 3. The average molecular weight is 393 g/mol. The van der Waals surface area contributed by atoms with Crippen LogP contribution in [0.1, 0.15) is 54.2 Å². The lowest BCUT2D eigenvalue weighted by molar-refractivity contribution is -0.137. The average Bonchev–Trinajstić information content (AvgIpc) is 3.14. The molecule has 1 aromatic carbocycles. The summed E-state index contributed by atoms with van der Waals surface area (Å²) in [6, 6.07) is 7.29. The maximum absolute atomic E-state index is 12.9. The number of hydrogen-bond donors (Lipinski definition) is 0. The Hall–Kier alpha value is -2.31. The van der Waals surface area contributed by atoms with Gasteiger partial charge in [-0.15, -0.1) is 0 Å². The highest BCUT2D eigenvalue weighted by Crippen LogP contribution is 2.30. The molecule has 3 rings (SSSR count). The molecular weight excluding hydrogens is 367 g/mol. The van der Waals surface area contributed by atoms with Gasteiger partial charge in [-0.05, 0) is 55.7 Å². The van der Waals surface area contributed by atoms with E-state index in [9.17, 15) is 18.0 Å². The van der Waals surface area contributed by atoms with Crippen LogP contribution in [0.4, 0.5) is 13.2 Å². The molecule has 1 aliphatic heterocycles. The summed E-state index contributed by atoms with van der Waals surface area (Å²) in [4.78, 5) is 14.7. The van der Waals surface area contributed by atoms with Gasteiger partial charge in [-0.25, -0.2) is 0 Å². The highest BCUT2D eigenvalue weighted by Gasteiger charge is 2.30. The van der Waals surface area contributed by atoms with Crippen LogP contribution in [0.5, 0.6) is 0 Å². The standard InChI is InChI=1S/C21H26F3N3O/c1-2-12-27-19(10-11-25-27)20(28)26-13-4-6-17(15-26)9-8-16-5-3-7-18(14-16)21(22,23)24/h3,5,7,10-11,14,17H,2,4,6,8-9,12-13,15H2,1H3/t17-/m0/s1. The number of aromatic nitrogens is 2. The molecule has 0 N–H and O–H groups in total. The largest absolute Gasteiger partial charge is 0.416 e. The van der Waals surface area contributed by atoms with E-state index in [1.807, 2.05) is 11.8 Å². The van der Waals surface area contributed by atoms with Crippen molar-refractivity contribution in [2.45, 2.75) is 51.7 Å². The van der Waals surface area contributed by atoms with Crippen molar-refractivity contribution in [2.24, 2.45) is 5.92 Å². The van der Waals surface area contributed by atoms with Crippen LogP contribution in [0.25, 0.3) is 0 Å². The van der Waals surface area contributed by atoms with Crippen LogP contribution in [-0.2, 0) is 19.1 Å². The van der Waals surface area contributed by atoms with Gasteiger partial charge in [-0.2, -0.15) is 18.3 Å². The molecule has 0 spiro atoms. The number of carbonyl (C=O) groups is 1. The Morgan fingerprint density at radius 2 is 2.11 bits per heavy atom. The number of piperidine rings is 1. The SMILES string of the molecule is CCCn1nccc1C(=O)N1CCC[C@@H](CCc2cccc(C(F)(F)F)c2)C1. The Kier molecular flexibility index (Phi) is 6.42. The molecule has 0 radical (unpaired) electrons. The maximum atomic E-state index is 12.9. The van der Waals surface area contributed by atoms with Crippen molar-refractivity contribution >= 4 is 5.91 Å². The summed E-state index contributed by atoms with van der Waals surface area (Å²) >= 11 is 0. The minimum Gasteiger partial charge on any atom is -0.337 e. The van der Waals surface area contributed by atoms with Gasteiger partial charge in [-0.1, -0.05) is 25.1 Å². The van der Waals surface area contributed by atoms with Crippen molar-refractivity contribution in [1.82, 2.24) is 14.7 Å². The molecule has 152 valence electrons. The van der Waals surface area contributed by atoms with Gasteiger partial charge in [-0.3, -0.25) is 9.48 Å². The number of amides is 1. The number of aryl methyl sites for hydroxylation is 2. The van der Waals surface area contributed by atoms with Gasteiger partial charge in [0.05, 0.1) is 5.56 Å². The van der Waals surface area contributed by atoms with Crippen LogP contribution in [0.15, 0.2) is 36.5 Å². The minimum absolute atomic E-state index is 0.00489. The quantitative estimate of drug-likeness (QED) is 0.707. The van der Waals surface area contributed by atoms with E-state index in [0.717, 1.165) is 38.3 Å². The molecule has 2 aromatic rings. The van der Waals surface area contributed by atoms with Gasteiger partial charge in [0, 0.05) is 25.8 Å². The highest BCUT2D eigenvalue weighted by atomic mass is 19.4. The molecule has 28 heavy (non-hydrogen) atoms. The Labute approximate surface area is 163 Å². The van der Waals surface area contributed by atoms with Crippen molar-refractivity contribution in [3.05, 3.63) is 53.3 Å². The van der Waals surface area contributed by atoms with E-state index in [1.54, 1.807) is 23.0 Å². The number of likely N-dealkylation sites (tertiary alicyclic amines) is 1. The maximum Gasteiger partial charge on any atom is 0.416 e. The van der Waals surface area contributed by atoms with E-state index in [4.69, 9.17) is 0 Å². The summed E-state index contributed by atoms with van der Waals surface area (Å²) in [6.45, 7) is 4.12. The molecule has 1 aliphatic rings. The zero-order valence-corrected chi connectivity index (χ0v) is 16.1. The van der Waals surface area contributed by atoms with Gasteiger partial charge in [0.2, 0.25) is 0 Å². The number of benzene rings is 1. The molecule has 1 atom stereocenters. The number of alkyl halides is 3. The number of hydrogen-bond acceptors (Lipinski definition) is 2. The van der Waals surface area contributed by atoms with Gasteiger partial charge >= 0.3 is 6.18 Å². The second kappa shape index (κ2) is 8.80. The molecule has 1 saturated heterocycles. The molecule has 0 saturated carbocycles. The van der Waals surface area contributed by atoms with E-state index >= 15 is 0 Å². The van der Waals surface area contributed by atoms with E-state index in [1.165, 1.54) is 12.1 Å². The fraction of sp³-hybridized carbons (Fsp3) is 0.524. The summed E-state index contributed by atoms with van der Waals surface area (Å²) in [7, 11) is 0. The van der Waals surface area contributed by atoms with Gasteiger partial charge in [0.1, 0.15) is 5.69 Å². The third kappa shape index (κ3) is 4.94. The zero-order valence-electron chi connectivity index (χ0n) is 16.1. The molecular formula is C21H26F3N3O. The van der Waals surface area contributed by atoms with Crippen LogP contribution in [0.3, 0.4) is 0 Å². The predicted octanol–water partition coefficient (Wildman–Crippen LogP) is 4.80. The Balaban J connectivity index is 1.59. The first-order valence-electron chi connectivity index (χ1n) is 9.85. The second-order valence-corrected chi connectivity index (χ2v) is 7.44. The molecule has 0 unspecified atom stereocenters. The molecule has 1 amide bonds. The number of carbonyl (C=O) groups excluding carboxylic acids is 1. The van der Waals surface area contributed by atoms with Crippen LogP contribution in [0, 0.1) is 5.92 Å². The van der Waals surface area contributed by atoms with Crippen molar-refractivity contribution in [3.8, 4) is 0 Å². The molecule has 0 aliphatic carbocycles. The lowest BCUT2D eigenvalue weighted by atomic mass is 9.91. The van der Waals surface area contributed by atoms with E-state index in [-0.39, 0.29) is 5.91 Å². The second-order valence-electron chi connectivity index (χ2n) is 7.44. The normalized spacial score (nSPS) is 17.7. The van der Waals surface area contributed by atoms with Crippen molar-refractivity contribution in [2.75, 3.05) is 13.1 Å². The third-order valence-corrected chi connectivity index (χ3v) is 5.27. The summed E-state index contributed by atoms with van der Waals surface area (Å²) in [5.41, 5.74) is 0.703. The van der Waals surface area contributed by atoms with Crippen molar-refractivity contribution in [1.29, 1.82) is 0 Å². The van der Waals surface area contributed by atoms with Crippen molar-refractivity contribution < 1.29 is 18.0 Å². The minimum atomic E-state index is -4.31. The Morgan fingerprint density at radius 3 is 2.86 bits per heavy atom. The van der Waals surface area contributed by atoms with Crippen molar-refractivity contribution in [3.63, 3.8) is 0 Å². The Morgan fingerprint density at radius 1 is 1.29 bits per heavy atom. The lowest BCUT2D eigenvalue weighted by Gasteiger charge is -2.33. The molecule has 7 heteroatoms. The first kappa shape index (κ1) is 20.4. The number of rotatable bonds is 6. The summed E-state index contributed by atoms with van der Waals surface area (Å²) in [5.74, 6) is 0.296. The predicted molar refractivity (Wildman–Crippen MR) is 101 cm³/mol. The van der Waals surface area contributed by atoms with Crippen LogP contribution in [0.2, 0.25) is 0 Å². The highest BCUT2D eigenvalue weighted by molar-refractivity contribution is 5.92. The smallest absolute Gasteiger partial charge is 0.337 e. The summed E-state index contributed by atoms with van der Waals surface area (Å²) in [5, 5.41) is 4.22. The Bertz CT molecular complexity index is 800. The van der Waals surface area contributed by atoms with Crippen LogP contribution in [-0.4, -0.2) is 33.7 Å². The monoisotopic (exact) mass is 393 g/mol. The first-order chi connectivity index (χ1) is 13.4. The van der Waals surface area contributed by atoms with Gasteiger partial charge in [0.25, 0.3) is 5.91 Å². The summed E-state index contributed by atoms with van der Waals surface area (Å²) < 4.78 is 40.4. The fourth-order valence-electron chi connectivity index (χ4n) is 3.83. The topological polar surface area (TPSA) is 38.1 Å². The van der Waals surface area contributed by atoms with E-state index < -0.39 is 11.7 Å². The van der Waals surface area contributed by atoms with E-state index in [2.05, 4.69) is 5.10 Å². The van der Waals surface area contributed by atoms with Gasteiger partial charge in [0.15, 0.2) is 0 Å². The molecule has 2 heterocycles. The molecule has 1 fully saturated rings. The zero-order chi connectivity index (χ0) is 20.1. The summed E-state index contributed by atoms with van der Waals surface area (Å²) in [6.07, 6.45) is 1.52. The van der Waals surface area contributed by atoms with Gasteiger partial charge < -0.3 is 4.90 Å². The first-order valence-corrected chi connectivity index (χ1v) is 9.85. The van der Waals surface area contributed by atoms with E-state index in [0.29, 0.717) is 36.7 Å². The molecule has 4 nitrogen and oxygen atoms in total.